The Morgan fingerprint density at radius 1 is 1.26 bits per heavy atom. The number of rotatable bonds is 5. The van der Waals surface area contributed by atoms with Gasteiger partial charge in [-0.05, 0) is 30.2 Å². The largest absolute Gasteiger partial charge is 0.345 e. The summed E-state index contributed by atoms with van der Waals surface area (Å²) >= 11 is 0. The van der Waals surface area contributed by atoms with E-state index in [1.165, 1.54) is 4.90 Å². The van der Waals surface area contributed by atoms with E-state index in [4.69, 9.17) is 0 Å². The van der Waals surface area contributed by atoms with Gasteiger partial charge in [-0.15, -0.1) is 0 Å². The monoisotopic (exact) mass is 365 g/mol. The lowest BCUT2D eigenvalue weighted by molar-refractivity contribution is -0.139. The minimum atomic E-state index is -1.04. The molecule has 0 bridgehead atoms. The smallest absolute Gasteiger partial charge is 0.295 e. The van der Waals surface area contributed by atoms with Crippen LogP contribution in [0.3, 0.4) is 0 Å². The van der Waals surface area contributed by atoms with Gasteiger partial charge in [0.05, 0.1) is 29.1 Å². The molecule has 2 N–H and O–H groups in total. The van der Waals surface area contributed by atoms with Gasteiger partial charge >= 0.3 is 0 Å². The number of aromatic amines is 2. The third-order valence-electron chi connectivity index (χ3n) is 4.79. The number of Topliss-reactive ketones (excluding diaryl/α,β-unsaturated/α-hetero) is 2. The highest BCUT2D eigenvalue weighted by Crippen LogP contribution is 2.40. The molecule has 4 rings (SSSR count). The SMILES string of the molecule is CC(C)CC(=O)C1C(=O)C(=O)N(c2ccc3nc[nH]c3c2)C1c1ccn[nH]1. The zero-order valence-corrected chi connectivity index (χ0v) is 15.0. The minimum absolute atomic E-state index is 0.0956. The van der Waals surface area contributed by atoms with Crippen LogP contribution in [0.5, 0.6) is 0 Å². The van der Waals surface area contributed by atoms with Gasteiger partial charge in [0, 0.05) is 18.3 Å². The lowest BCUT2D eigenvalue weighted by atomic mass is 9.88. The predicted octanol–water partition coefficient (Wildman–Crippen LogP) is 2.17. The predicted molar refractivity (Wildman–Crippen MR) is 97.9 cm³/mol. The zero-order valence-electron chi connectivity index (χ0n) is 15.0. The van der Waals surface area contributed by atoms with Gasteiger partial charge in [-0.1, -0.05) is 13.8 Å². The number of fused-ring (bicyclic) bond motifs is 1. The topological polar surface area (TPSA) is 112 Å². The lowest BCUT2D eigenvalue weighted by Crippen LogP contribution is -2.31. The molecule has 1 aliphatic heterocycles. The number of nitrogens with zero attached hydrogens (tertiary/aromatic N) is 3. The molecule has 2 unspecified atom stereocenters. The molecule has 1 saturated heterocycles. The third-order valence-corrected chi connectivity index (χ3v) is 4.79. The third kappa shape index (κ3) is 2.83. The molecule has 1 amide bonds. The summed E-state index contributed by atoms with van der Waals surface area (Å²) in [7, 11) is 0. The average molecular weight is 365 g/mol. The second-order valence-corrected chi connectivity index (χ2v) is 7.14. The van der Waals surface area contributed by atoms with Gasteiger partial charge in [0.2, 0.25) is 5.78 Å². The van der Waals surface area contributed by atoms with E-state index in [0.29, 0.717) is 11.4 Å². The number of hydrogen-bond donors (Lipinski definition) is 2. The Morgan fingerprint density at radius 2 is 2.07 bits per heavy atom. The lowest BCUT2D eigenvalue weighted by Gasteiger charge is -2.26. The Morgan fingerprint density at radius 3 is 2.78 bits per heavy atom. The van der Waals surface area contributed by atoms with Gasteiger partial charge in [0.25, 0.3) is 5.91 Å². The second-order valence-electron chi connectivity index (χ2n) is 7.14. The van der Waals surface area contributed by atoms with Crippen LogP contribution in [0.4, 0.5) is 5.69 Å². The molecule has 1 aliphatic rings. The van der Waals surface area contributed by atoms with E-state index < -0.39 is 23.7 Å². The molecular weight excluding hydrogens is 346 g/mol. The molecule has 3 aromatic rings. The molecule has 3 heterocycles. The number of anilines is 1. The minimum Gasteiger partial charge on any atom is -0.345 e. The van der Waals surface area contributed by atoms with Crippen molar-refractivity contribution in [3.63, 3.8) is 0 Å². The van der Waals surface area contributed by atoms with E-state index in [1.807, 2.05) is 13.8 Å². The summed E-state index contributed by atoms with van der Waals surface area (Å²) < 4.78 is 0. The Balaban J connectivity index is 1.82. The summed E-state index contributed by atoms with van der Waals surface area (Å²) in [5.74, 6) is -2.54. The zero-order chi connectivity index (χ0) is 19.1. The average Bonchev–Trinajstić information content (AvgIpc) is 3.34. The fourth-order valence-corrected chi connectivity index (χ4v) is 3.62. The van der Waals surface area contributed by atoms with Crippen LogP contribution in [0.2, 0.25) is 0 Å². The van der Waals surface area contributed by atoms with Crippen molar-refractivity contribution in [2.45, 2.75) is 26.3 Å². The van der Waals surface area contributed by atoms with Crippen LogP contribution in [0, 0.1) is 11.8 Å². The first-order valence-electron chi connectivity index (χ1n) is 8.80. The number of amides is 1. The van der Waals surface area contributed by atoms with Crippen molar-refractivity contribution in [3.05, 3.63) is 42.5 Å². The standard InChI is InChI=1S/C19H19N5O3/c1-10(2)7-15(25)16-17(13-5-6-22-23-13)24(19(27)18(16)26)11-3-4-12-14(8-11)21-9-20-12/h3-6,8-10,16-17H,7H2,1-2H3,(H,20,21)(H,22,23). The van der Waals surface area contributed by atoms with Crippen LogP contribution < -0.4 is 4.90 Å². The first kappa shape index (κ1) is 17.1. The van der Waals surface area contributed by atoms with Crippen molar-refractivity contribution >= 4 is 34.2 Å². The van der Waals surface area contributed by atoms with Crippen LogP contribution in [-0.4, -0.2) is 37.6 Å². The number of carbonyl (C=O) groups excluding carboxylic acids is 3. The summed E-state index contributed by atoms with van der Waals surface area (Å²) in [6.07, 6.45) is 3.34. The van der Waals surface area contributed by atoms with Crippen LogP contribution in [0.25, 0.3) is 11.0 Å². The maximum absolute atomic E-state index is 12.9. The molecule has 2 aromatic heterocycles. The number of imidazole rings is 1. The van der Waals surface area contributed by atoms with Crippen molar-refractivity contribution in [1.82, 2.24) is 20.2 Å². The molecule has 0 spiro atoms. The number of nitrogens with one attached hydrogen (secondary N) is 2. The maximum Gasteiger partial charge on any atom is 0.295 e. The van der Waals surface area contributed by atoms with E-state index in [1.54, 1.807) is 36.8 Å². The number of H-pyrrole nitrogens is 2. The van der Waals surface area contributed by atoms with Crippen molar-refractivity contribution < 1.29 is 14.4 Å². The molecule has 0 saturated carbocycles. The van der Waals surface area contributed by atoms with Crippen LogP contribution >= 0.6 is 0 Å². The summed E-state index contributed by atoms with van der Waals surface area (Å²) in [5.41, 5.74) is 2.58. The van der Waals surface area contributed by atoms with Gasteiger partial charge < -0.3 is 4.98 Å². The fourth-order valence-electron chi connectivity index (χ4n) is 3.62. The summed E-state index contributed by atoms with van der Waals surface area (Å²) in [5, 5.41) is 6.76. The maximum atomic E-state index is 12.9. The number of carbonyl (C=O) groups is 3. The first-order valence-corrected chi connectivity index (χ1v) is 8.80. The molecule has 0 radical (unpaired) electrons. The van der Waals surface area contributed by atoms with Crippen LogP contribution in [-0.2, 0) is 14.4 Å². The number of aromatic nitrogens is 4. The van der Waals surface area contributed by atoms with Crippen molar-refractivity contribution in [2.24, 2.45) is 11.8 Å². The molecule has 27 heavy (non-hydrogen) atoms. The van der Waals surface area contributed by atoms with Crippen molar-refractivity contribution in [2.75, 3.05) is 4.90 Å². The van der Waals surface area contributed by atoms with Crippen LogP contribution in [0.1, 0.15) is 32.0 Å². The van der Waals surface area contributed by atoms with E-state index in [0.717, 1.165) is 11.0 Å². The van der Waals surface area contributed by atoms with Gasteiger partial charge in [-0.2, -0.15) is 5.10 Å². The van der Waals surface area contributed by atoms with Gasteiger partial charge in [0.1, 0.15) is 11.7 Å². The Labute approximate surface area is 155 Å². The van der Waals surface area contributed by atoms with Crippen molar-refractivity contribution in [1.29, 1.82) is 0 Å². The normalized spacial score (nSPS) is 20.2. The molecule has 8 heteroatoms. The Kier molecular flexibility index (Phi) is 4.10. The first-order chi connectivity index (χ1) is 13.0. The summed E-state index contributed by atoms with van der Waals surface area (Å²) in [4.78, 5) is 47.0. The number of hydrogen-bond acceptors (Lipinski definition) is 5. The molecule has 8 nitrogen and oxygen atoms in total. The Bertz CT molecular complexity index is 1020. The highest BCUT2D eigenvalue weighted by molar-refractivity contribution is 6.48. The summed E-state index contributed by atoms with van der Waals surface area (Å²) in [6.45, 7) is 3.82. The fraction of sp³-hybridized carbons (Fsp3) is 0.316. The number of benzene rings is 1. The molecule has 138 valence electrons. The second kappa shape index (κ2) is 6.46. The molecule has 2 atom stereocenters. The van der Waals surface area contributed by atoms with E-state index >= 15 is 0 Å². The number of ketones is 2. The Hall–Kier alpha value is -3.29. The van der Waals surface area contributed by atoms with Crippen LogP contribution in [0.15, 0.2) is 36.8 Å². The molecule has 0 aliphatic carbocycles. The van der Waals surface area contributed by atoms with E-state index in [2.05, 4.69) is 20.2 Å². The van der Waals surface area contributed by atoms with Gasteiger partial charge in [-0.3, -0.25) is 24.4 Å². The van der Waals surface area contributed by atoms with Gasteiger partial charge in [0.15, 0.2) is 0 Å². The quantitative estimate of drug-likeness (QED) is 0.532. The van der Waals surface area contributed by atoms with E-state index in [-0.39, 0.29) is 18.1 Å². The summed E-state index contributed by atoms with van der Waals surface area (Å²) in [6, 6.07) is 6.21. The molecular formula is C19H19N5O3. The highest BCUT2D eigenvalue weighted by Gasteiger charge is 2.52. The highest BCUT2D eigenvalue weighted by atomic mass is 16.2. The van der Waals surface area contributed by atoms with Crippen molar-refractivity contribution in [3.8, 4) is 0 Å². The molecule has 1 fully saturated rings. The van der Waals surface area contributed by atoms with Gasteiger partial charge in [-0.25, -0.2) is 4.98 Å². The molecule has 1 aromatic carbocycles. The van der Waals surface area contributed by atoms with E-state index in [9.17, 15) is 14.4 Å².